The Kier molecular flexibility index (Phi) is 3.71. The first kappa shape index (κ1) is 14.4. The minimum atomic E-state index is -4.36. The van der Waals surface area contributed by atoms with Gasteiger partial charge in [-0.1, -0.05) is 36.4 Å². The molecule has 0 aliphatic carbocycles. The van der Waals surface area contributed by atoms with E-state index in [4.69, 9.17) is 0 Å². The van der Waals surface area contributed by atoms with Crippen LogP contribution in [0, 0.1) is 0 Å². The van der Waals surface area contributed by atoms with E-state index in [0.29, 0.717) is 12.1 Å². The molecule has 1 aromatic heterocycles. The van der Waals surface area contributed by atoms with Crippen LogP contribution in [-0.4, -0.2) is 9.55 Å². The SMILES string of the molecule is FC(F)(F)c1ccc(Cc2ccccc2)c(-n2ccnc2)c1. The summed E-state index contributed by atoms with van der Waals surface area (Å²) in [6.07, 6.45) is 0.896. The molecule has 1 heterocycles. The van der Waals surface area contributed by atoms with E-state index in [1.807, 2.05) is 30.3 Å². The van der Waals surface area contributed by atoms with E-state index in [1.165, 1.54) is 18.5 Å². The predicted molar refractivity (Wildman–Crippen MR) is 77.8 cm³/mol. The van der Waals surface area contributed by atoms with E-state index in [-0.39, 0.29) is 0 Å². The topological polar surface area (TPSA) is 17.8 Å². The van der Waals surface area contributed by atoms with Crippen LogP contribution in [0.5, 0.6) is 0 Å². The van der Waals surface area contributed by atoms with Gasteiger partial charge in [0.25, 0.3) is 0 Å². The Labute approximate surface area is 125 Å². The number of rotatable bonds is 3. The Morgan fingerprint density at radius 2 is 1.77 bits per heavy atom. The highest BCUT2D eigenvalue weighted by Crippen LogP contribution is 2.32. The van der Waals surface area contributed by atoms with Gasteiger partial charge < -0.3 is 4.57 Å². The Morgan fingerprint density at radius 1 is 1.00 bits per heavy atom. The summed E-state index contributed by atoms with van der Waals surface area (Å²) in [5, 5.41) is 0. The first-order chi connectivity index (χ1) is 10.5. The summed E-state index contributed by atoms with van der Waals surface area (Å²) >= 11 is 0. The zero-order valence-corrected chi connectivity index (χ0v) is 11.6. The molecule has 2 aromatic carbocycles. The summed E-state index contributed by atoms with van der Waals surface area (Å²) in [5.41, 5.74) is 1.70. The van der Waals surface area contributed by atoms with Crippen molar-refractivity contribution in [1.29, 1.82) is 0 Å². The second-order valence-electron chi connectivity index (χ2n) is 4.97. The maximum atomic E-state index is 12.9. The molecule has 0 aliphatic heterocycles. The molecule has 0 amide bonds. The van der Waals surface area contributed by atoms with Gasteiger partial charge in [0.1, 0.15) is 0 Å². The molecule has 2 nitrogen and oxygen atoms in total. The summed E-state index contributed by atoms with van der Waals surface area (Å²) in [5.74, 6) is 0. The van der Waals surface area contributed by atoms with Crippen LogP contribution < -0.4 is 0 Å². The van der Waals surface area contributed by atoms with Crippen LogP contribution in [0.25, 0.3) is 5.69 Å². The largest absolute Gasteiger partial charge is 0.416 e. The van der Waals surface area contributed by atoms with Gasteiger partial charge in [-0.15, -0.1) is 0 Å². The van der Waals surface area contributed by atoms with Crippen molar-refractivity contribution in [1.82, 2.24) is 9.55 Å². The van der Waals surface area contributed by atoms with Gasteiger partial charge in [0, 0.05) is 12.4 Å². The molecule has 0 fully saturated rings. The maximum Gasteiger partial charge on any atom is 0.416 e. The average molecular weight is 302 g/mol. The minimum absolute atomic E-state index is 0.496. The van der Waals surface area contributed by atoms with Crippen molar-refractivity contribution in [3.05, 3.63) is 83.9 Å². The summed E-state index contributed by atoms with van der Waals surface area (Å²) in [4.78, 5) is 3.92. The third-order valence-corrected chi connectivity index (χ3v) is 3.43. The Hall–Kier alpha value is -2.56. The quantitative estimate of drug-likeness (QED) is 0.697. The first-order valence-corrected chi connectivity index (χ1v) is 6.76. The van der Waals surface area contributed by atoms with Crippen LogP contribution in [0.3, 0.4) is 0 Å². The van der Waals surface area contributed by atoms with Crippen LogP contribution >= 0.6 is 0 Å². The van der Waals surface area contributed by atoms with E-state index < -0.39 is 11.7 Å². The van der Waals surface area contributed by atoms with Crippen LogP contribution in [0.1, 0.15) is 16.7 Å². The highest BCUT2D eigenvalue weighted by molar-refractivity contribution is 5.47. The molecule has 0 aliphatic rings. The van der Waals surface area contributed by atoms with Gasteiger partial charge >= 0.3 is 6.18 Å². The van der Waals surface area contributed by atoms with E-state index >= 15 is 0 Å². The summed E-state index contributed by atoms with van der Waals surface area (Å²) < 4.78 is 40.4. The molecule has 0 spiro atoms. The standard InChI is InChI=1S/C17H13F3N2/c18-17(19,20)15-7-6-14(10-13-4-2-1-3-5-13)16(11-15)22-9-8-21-12-22/h1-9,11-12H,10H2. The molecular weight excluding hydrogens is 289 g/mol. The van der Waals surface area contributed by atoms with Gasteiger partial charge in [0.2, 0.25) is 0 Å². The number of nitrogens with zero attached hydrogens (tertiary/aromatic N) is 2. The molecule has 5 heteroatoms. The lowest BCUT2D eigenvalue weighted by Gasteiger charge is -2.14. The zero-order chi connectivity index (χ0) is 15.6. The third-order valence-electron chi connectivity index (χ3n) is 3.43. The second kappa shape index (κ2) is 5.67. The molecule has 0 N–H and O–H groups in total. The van der Waals surface area contributed by atoms with Crippen LogP contribution in [0.4, 0.5) is 13.2 Å². The van der Waals surface area contributed by atoms with Crippen LogP contribution in [0.2, 0.25) is 0 Å². The smallest absolute Gasteiger partial charge is 0.306 e. The normalized spacial score (nSPS) is 11.6. The van der Waals surface area contributed by atoms with Crippen molar-refractivity contribution in [2.75, 3.05) is 0 Å². The first-order valence-electron chi connectivity index (χ1n) is 6.76. The third kappa shape index (κ3) is 3.03. The number of alkyl halides is 3. The van der Waals surface area contributed by atoms with Crippen molar-refractivity contribution < 1.29 is 13.2 Å². The van der Waals surface area contributed by atoms with Crippen molar-refractivity contribution in [2.24, 2.45) is 0 Å². The highest BCUT2D eigenvalue weighted by atomic mass is 19.4. The molecule has 0 unspecified atom stereocenters. The lowest BCUT2D eigenvalue weighted by atomic mass is 10.0. The van der Waals surface area contributed by atoms with Gasteiger partial charge in [-0.3, -0.25) is 0 Å². The van der Waals surface area contributed by atoms with Gasteiger partial charge in [-0.25, -0.2) is 4.98 Å². The molecular formula is C17H13F3N2. The van der Waals surface area contributed by atoms with Crippen molar-refractivity contribution >= 4 is 0 Å². The molecule has 112 valence electrons. The summed E-state index contributed by atoms with van der Waals surface area (Å²) in [6.45, 7) is 0. The molecule has 3 aromatic rings. The number of imidazole rings is 1. The van der Waals surface area contributed by atoms with Gasteiger partial charge in [0.05, 0.1) is 17.6 Å². The van der Waals surface area contributed by atoms with Gasteiger partial charge in [-0.05, 0) is 29.7 Å². The number of aromatic nitrogens is 2. The minimum Gasteiger partial charge on any atom is -0.306 e. The number of halogens is 3. The summed E-state index contributed by atoms with van der Waals surface area (Å²) in [7, 11) is 0. The van der Waals surface area contributed by atoms with E-state index in [1.54, 1.807) is 17.0 Å². The van der Waals surface area contributed by atoms with Gasteiger partial charge in [0.15, 0.2) is 0 Å². The molecule has 3 rings (SSSR count). The Balaban J connectivity index is 2.06. The lowest BCUT2D eigenvalue weighted by molar-refractivity contribution is -0.137. The molecule has 0 saturated carbocycles. The number of hydrogen-bond acceptors (Lipinski definition) is 1. The van der Waals surface area contributed by atoms with Crippen molar-refractivity contribution in [3.63, 3.8) is 0 Å². The number of benzene rings is 2. The summed E-state index contributed by atoms with van der Waals surface area (Å²) in [6, 6.07) is 13.5. The Bertz CT molecular complexity index is 747. The van der Waals surface area contributed by atoms with E-state index in [2.05, 4.69) is 4.98 Å². The van der Waals surface area contributed by atoms with Gasteiger partial charge in [-0.2, -0.15) is 13.2 Å². The zero-order valence-electron chi connectivity index (χ0n) is 11.6. The maximum absolute atomic E-state index is 12.9. The molecule has 0 bridgehead atoms. The fourth-order valence-electron chi connectivity index (χ4n) is 2.35. The molecule has 22 heavy (non-hydrogen) atoms. The predicted octanol–water partition coefficient (Wildman–Crippen LogP) is 4.48. The lowest BCUT2D eigenvalue weighted by Crippen LogP contribution is -2.08. The van der Waals surface area contributed by atoms with Crippen LogP contribution in [0.15, 0.2) is 67.3 Å². The fraction of sp³-hybridized carbons (Fsp3) is 0.118. The van der Waals surface area contributed by atoms with Crippen LogP contribution in [-0.2, 0) is 12.6 Å². The van der Waals surface area contributed by atoms with E-state index in [9.17, 15) is 13.2 Å². The average Bonchev–Trinajstić information content (AvgIpc) is 3.01. The second-order valence-corrected chi connectivity index (χ2v) is 4.97. The molecule has 0 radical (unpaired) electrons. The Morgan fingerprint density at radius 3 is 2.41 bits per heavy atom. The molecule has 0 atom stereocenters. The highest BCUT2D eigenvalue weighted by Gasteiger charge is 2.31. The molecule has 0 saturated heterocycles. The fourth-order valence-corrected chi connectivity index (χ4v) is 2.35. The van der Waals surface area contributed by atoms with Crippen molar-refractivity contribution in [2.45, 2.75) is 12.6 Å². The van der Waals surface area contributed by atoms with Crippen molar-refractivity contribution in [3.8, 4) is 5.69 Å². The number of hydrogen-bond donors (Lipinski definition) is 0. The monoisotopic (exact) mass is 302 g/mol. The van der Waals surface area contributed by atoms with E-state index in [0.717, 1.165) is 17.2 Å².